The minimum absolute atomic E-state index is 0.225. The van der Waals surface area contributed by atoms with E-state index >= 15 is 0 Å². The molecule has 130 valence electrons. The van der Waals surface area contributed by atoms with E-state index in [1.807, 2.05) is 0 Å². The molecule has 2 rings (SSSR count). The first-order chi connectivity index (χ1) is 11.8. The molecule has 7 heteroatoms. The fourth-order valence-corrected chi connectivity index (χ4v) is 2.25. The molecular weight excluding hydrogens is 325 g/mol. The first-order valence-electron chi connectivity index (χ1n) is 7.56. The van der Waals surface area contributed by atoms with Crippen molar-refractivity contribution in [3.8, 4) is 0 Å². The molecule has 25 heavy (non-hydrogen) atoms. The molecule has 0 bridgehead atoms. The molecule has 0 aliphatic carbocycles. The molecule has 0 aliphatic rings. The van der Waals surface area contributed by atoms with Gasteiger partial charge >= 0.3 is 0 Å². The zero-order chi connectivity index (χ0) is 18.4. The number of hydrogen-bond acceptors (Lipinski definition) is 3. The van der Waals surface area contributed by atoms with Crippen LogP contribution in [0.1, 0.15) is 13.8 Å². The number of rotatable bonds is 5. The van der Waals surface area contributed by atoms with Crippen molar-refractivity contribution in [3.63, 3.8) is 0 Å². The van der Waals surface area contributed by atoms with E-state index in [1.165, 1.54) is 36.9 Å². The van der Waals surface area contributed by atoms with Crippen LogP contribution in [0.2, 0.25) is 0 Å². The number of halogens is 1. The molecule has 0 radical (unpaired) electrons. The minimum atomic E-state index is -0.493. The minimum Gasteiger partial charge on any atom is -0.326 e. The Bertz CT molecular complexity index is 808. The highest BCUT2D eigenvalue weighted by atomic mass is 19.1. The van der Waals surface area contributed by atoms with Crippen LogP contribution >= 0.6 is 0 Å². The molecule has 0 saturated carbocycles. The lowest BCUT2D eigenvalue weighted by atomic mass is 10.2. The van der Waals surface area contributed by atoms with E-state index in [4.69, 9.17) is 0 Å². The molecule has 0 atom stereocenters. The smallest absolute Gasteiger partial charge is 0.244 e. The van der Waals surface area contributed by atoms with E-state index < -0.39 is 11.7 Å². The van der Waals surface area contributed by atoms with Gasteiger partial charge in [-0.3, -0.25) is 14.4 Å². The van der Waals surface area contributed by atoms with Crippen LogP contribution in [-0.4, -0.2) is 24.3 Å². The molecule has 6 nitrogen and oxygen atoms in total. The number of carbonyl (C=O) groups excluding carboxylic acids is 3. The van der Waals surface area contributed by atoms with Crippen molar-refractivity contribution in [2.75, 3.05) is 22.1 Å². The highest BCUT2D eigenvalue weighted by Crippen LogP contribution is 2.17. The summed E-state index contributed by atoms with van der Waals surface area (Å²) in [5.41, 5.74) is 1.31. The van der Waals surface area contributed by atoms with Gasteiger partial charge in [0.2, 0.25) is 17.7 Å². The van der Waals surface area contributed by atoms with Crippen LogP contribution in [-0.2, 0) is 14.4 Å². The fraction of sp³-hybridized carbons (Fsp3) is 0.167. The molecule has 0 unspecified atom stereocenters. The quantitative estimate of drug-likeness (QED) is 0.876. The Morgan fingerprint density at radius 1 is 0.960 bits per heavy atom. The van der Waals surface area contributed by atoms with Crippen molar-refractivity contribution in [1.82, 2.24) is 0 Å². The van der Waals surface area contributed by atoms with Gasteiger partial charge in [-0.25, -0.2) is 4.39 Å². The molecule has 2 aromatic carbocycles. The van der Waals surface area contributed by atoms with Gasteiger partial charge in [0.15, 0.2) is 0 Å². The number of benzene rings is 2. The first kappa shape index (κ1) is 18.1. The Hall–Kier alpha value is -3.22. The third-order valence-electron chi connectivity index (χ3n) is 3.27. The topological polar surface area (TPSA) is 78.5 Å². The van der Waals surface area contributed by atoms with Crippen LogP contribution in [0.3, 0.4) is 0 Å². The summed E-state index contributed by atoms with van der Waals surface area (Å²) < 4.78 is 13.4. The van der Waals surface area contributed by atoms with Gasteiger partial charge in [0.25, 0.3) is 0 Å². The van der Waals surface area contributed by atoms with E-state index in [1.54, 1.807) is 30.3 Å². The standard InChI is InChI=1S/C18H18FN3O3/c1-12(23)20-15-6-4-7-16(10-15)21-18(25)11-22(13(2)24)17-8-3-5-14(19)9-17/h3-10H,11H2,1-2H3,(H,20,23)(H,21,25). The van der Waals surface area contributed by atoms with Gasteiger partial charge in [-0.15, -0.1) is 0 Å². The zero-order valence-corrected chi connectivity index (χ0v) is 13.9. The van der Waals surface area contributed by atoms with E-state index in [0.29, 0.717) is 17.1 Å². The maximum atomic E-state index is 13.4. The van der Waals surface area contributed by atoms with Crippen LogP contribution in [0, 0.1) is 5.82 Å². The van der Waals surface area contributed by atoms with Crippen LogP contribution < -0.4 is 15.5 Å². The predicted molar refractivity (Wildman–Crippen MR) is 93.8 cm³/mol. The summed E-state index contributed by atoms with van der Waals surface area (Å²) in [5.74, 6) is -1.54. The van der Waals surface area contributed by atoms with Gasteiger partial charge in [0.05, 0.1) is 0 Å². The summed E-state index contributed by atoms with van der Waals surface area (Å²) in [4.78, 5) is 36.3. The van der Waals surface area contributed by atoms with Gasteiger partial charge in [-0.2, -0.15) is 0 Å². The molecule has 0 aromatic heterocycles. The molecule has 0 aliphatic heterocycles. The van der Waals surface area contributed by atoms with Gasteiger partial charge in [-0.05, 0) is 36.4 Å². The fourth-order valence-electron chi connectivity index (χ4n) is 2.25. The third kappa shape index (κ3) is 5.42. The van der Waals surface area contributed by atoms with Crippen molar-refractivity contribution in [1.29, 1.82) is 0 Å². The second kappa shape index (κ2) is 8.05. The van der Waals surface area contributed by atoms with Crippen LogP contribution in [0.15, 0.2) is 48.5 Å². The number of nitrogens with zero attached hydrogens (tertiary/aromatic N) is 1. The molecule has 0 fully saturated rings. The van der Waals surface area contributed by atoms with Crippen LogP contribution in [0.25, 0.3) is 0 Å². The van der Waals surface area contributed by atoms with E-state index in [0.717, 1.165) is 0 Å². The molecular formula is C18H18FN3O3. The third-order valence-corrected chi connectivity index (χ3v) is 3.27. The number of carbonyl (C=O) groups is 3. The van der Waals surface area contributed by atoms with Gasteiger partial charge in [-0.1, -0.05) is 12.1 Å². The molecule has 2 N–H and O–H groups in total. The second-order valence-electron chi connectivity index (χ2n) is 5.40. The number of amides is 3. The zero-order valence-electron chi connectivity index (χ0n) is 13.9. The maximum absolute atomic E-state index is 13.4. The predicted octanol–water partition coefficient (Wildman–Crippen LogP) is 2.78. The highest BCUT2D eigenvalue weighted by Gasteiger charge is 2.16. The molecule has 3 amide bonds. The monoisotopic (exact) mass is 343 g/mol. The summed E-state index contributed by atoms with van der Waals surface area (Å²) >= 11 is 0. The normalized spacial score (nSPS) is 10.0. The van der Waals surface area contributed by atoms with Gasteiger partial charge in [0.1, 0.15) is 12.4 Å². The van der Waals surface area contributed by atoms with E-state index in [-0.39, 0.29) is 18.4 Å². The Balaban J connectivity index is 2.09. The van der Waals surface area contributed by atoms with Crippen LogP contribution in [0.4, 0.5) is 21.5 Å². The molecule has 2 aromatic rings. The van der Waals surface area contributed by atoms with Crippen LogP contribution in [0.5, 0.6) is 0 Å². The van der Waals surface area contributed by atoms with Crippen molar-refractivity contribution in [2.24, 2.45) is 0 Å². The summed E-state index contributed by atoms with van der Waals surface area (Å²) in [6.07, 6.45) is 0. The molecule has 0 heterocycles. The average Bonchev–Trinajstić information content (AvgIpc) is 2.52. The highest BCUT2D eigenvalue weighted by molar-refractivity contribution is 6.02. The number of hydrogen-bond donors (Lipinski definition) is 2. The Morgan fingerprint density at radius 2 is 1.60 bits per heavy atom. The Morgan fingerprint density at radius 3 is 2.20 bits per heavy atom. The van der Waals surface area contributed by atoms with Crippen molar-refractivity contribution < 1.29 is 18.8 Å². The summed E-state index contributed by atoms with van der Waals surface area (Å²) in [7, 11) is 0. The lowest BCUT2D eigenvalue weighted by Crippen LogP contribution is -2.36. The maximum Gasteiger partial charge on any atom is 0.244 e. The van der Waals surface area contributed by atoms with Crippen molar-refractivity contribution in [2.45, 2.75) is 13.8 Å². The van der Waals surface area contributed by atoms with Gasteiger partial charge < -0.3 is 15.5 Å². The molecule has 0 saturated heterocycles. The first-order valence-corrected chi connectivity index (χ1v) is 7.56. The summed E-state index contributed by atoms with van der Waals surface area (Å²) in [6.45, 7) is 2.42. The largest absolute Gasteiger partial charge is 0.326 e. The SMILES string of the molecule is CC(=O)Nc1cccc(NC(=O)CN(C(C)=O)c2cccc(F)c2)c1. The van der Waals surface area contributed by atoms with E-state index in [9.17, 15) is 18.8 Å². The molecule has 0 spiro atoms. The number of anilines is 3. The summed E-state index contributed by atoms with van der Waals surface area (Å²) in [6, 6.07) is 12.1. The average molecular weight is 343 g/mol. The van der Waals surface area contributed by atoms with Crippen molar-refractivity contribution in [3.05, 3.63) is 54.3 Å². The van der Waals surface area contributed by atoms with E-state index in [2.05, 4.69) is 10.6 Å². The van der Waals surface area contributed by atoms with Gasteiger partial charge in [0, 0.05) is 30.9 Å². The lowest BCUT2D eigenvalue weighted by Gasteiger charge is -2.20. The lowest BCUT2D eigenvalue weighted by molar-refractivity contribution is -0.120. The Kier molecular flexibility index (Phi) is 5.84. The number of nitrogens with one attached hydrogen (secondary N) is 2. The van der Waals surface area contributed by atoms with Crippen molar-refractivity contribution >= 4 is 34.8 Å². The summed E-state index contributed by atoms with van der Waals surface area (Å²) in [5, 5.41) is 5.26. The Labute approximate surface area is 144 Å². The second-order valence-corrected chi connectivity index (χ2v) is 5.40.